The Bertz CT molecular complexity index is 1580. The molecule has 0 saturated carbocycles. The summed E-state index contributed by atoms with van der Waals surface area (Å²) in [6.45, 7) is 7.23. The molecule has 7 rings (SSSR count). The number of nitrogens with zero attached hydrogens (tertiary/aromatic N) is 7. The summed E-state index contributed by atoms with van der Waals surface area (Å²) in [7, 11) is 0. The van der Waals surface area contributed by atoms with Gasteiger partial charge < -0.3 is 29.9 Å². The van der Waals surface area contributed by atoms with Gasteiger partial charge >= 0.3 is 6.03 Å². The van der Waals surface area contributed by atoms with E-state index in [4.69, 9.17) is 29.5 Å². The van der Waals surface area contributed by atoms with Crippen molar-refractivity contribution in [1.82, 2.24) is 30.0 Å². The van der Waals surface area contributed by atoms with Crippen LogP contribution in [0.5, 0.6) is 0 Å². The fourth-order valence-corrected chi connectivity index (χ4v) is 5.48. The summed E-state index contributed by atoms with van der Waals surface area (Å²) in [5.74, 6) is 1.89. The number of nitrogens with one attached hydrogen (secondary N) is 3. The highest BCUT2D eigenvalue weighted by Gasteiger charge is 2.32. The lowest BCUT2D eigenvalue weighted by molar-refractivity contribution is 0.121. The van der Waals surface area contributed by atoms with Crippen LogP contribution in [-0.2, 0) is 9.47 Å². The number of ether oxygens (including phenoxy) is 2. The van der Waals surface area contributed by atoms with E-state index in [0.29, 0.717) is 76.3 Å². The lowest BCUT2D eigenvalue weighted by atomic mass is 9.97. The number of hydrogen-bond donors (Lipinski definition) is 3. The van der Waals surface area contributed by atoms with Crippen LogP contribution in [0.4, 0.5) is 38.5 Å². The van der Waals surface area contributed by atoms with E-state index in [1.807, 2.05) is 31.2 Å². The molecule has 3 aliphatic rings. The SMILES string of the molecule is Cc1nn(-c2ccc(Nc3nc(N4CCOCC4)nc(N4CCOCC4)n3)cc2)c2c1C(c1ccc(F)cc1)NC(=O)N2. The topological polar surface area (TPSA) is 135 Å². The van der Waals surface area contributed by atoms with Crippen molar-refractivity contribution in [2.24, 2.45) is 0 Å². The van der Waals surface area contributed by atoms with E-state index in [1.54, 1.807) is 16.8 Å². The second-order valence-electron chi connectivity index (χ2n) is 10.5. The number of halogens is 1. The minimum absolute atomic E-state index is 0.336. The van der Waals surface area contributed by atoms with E-state index in [9.17, 15) is 9.18 Å². The maximum absolute atomic E-state index is 13.6. The van der Waals surface area contributed by atoms with Gasteiger partial charge in [0.05, 0.1) is 43.9 Å². The smallest absolute Gasteiger partial charge is 0.321 e. The number of hydrogen-bond acceptors (Lipinski definition) is 10. The molecule has 13 nitrogen and oxygen atoms in total. The first-order valence-electron chi connectivity index (χ1n) is 14.2. The summed E-state index contributed by atoms with van der Waals surface area (Å²) in [5, 5.41) is 13.9. The van der Waals surface area contributed by atoms with E-state index in [-0.39, 0.29) is 11.8 Å². The van der Waals surface area contributed by atoms with E-state index < -0.39 is 6.04 Å². The number of morpholine rings is 2. The molecule has 4 aromatic rings. The lowest BCUT2D eigenvalue weighted by Crippen LogP contribution is -2.40. The maximum atomic E-state index is 13.6. The van der Waals surface area contributed by atoms with Crippen LogP contribution in [0, 0.1) is 12.7 Å². The number of amides is 2. The van der Waals surface area contributed by atoms with Crippen LogP contribution in [0.15, 0.2) is 48.5 Å². The molecule has 3 N–H and O–H groups in total. The van der Waals surface area contributed by atoms with Gasteiger partial charge in [-0.05, 0) is 48.9 Å². The molecule has 3 aliphatic heterocycles. The van der Waals surface area contributed by atoms with Gasteiger partial charge in [-0.2, -0.15) is 20.1 Å². The van der Waals surface area contributed by atoms with Crippen LogP contribution in [0.1, 0.15) is 22.9 Å². The van der Waals surface area contributed by atoms with Crippen molar-refractivity contribution in [2.45, 2.75) is 13.0 Å². The average molecular weight is 587 g/mol. The first-order chi connectivity index (χ1) is 21.0. The van der Waals surface area contributed by atoms with Crippen molar-refractivity contribution in [1.29, 1.82) is 0 Å². The number of benzene rings is 2. The Balaban J connectivity index is 1.16. The molecule has 2 amide bonds. The van der Waals surface area contributed by atoms with Gasteiger partial charge in [0.25, 0.3) is 0 Å². The Hall–Kier alpha value is -4.82. The number of rotatable bonds is 6. The predicted octanol–water partition coefficient (Wildman–Crippen LogP) is 3.15. The van der Waals surface area contributed by atoms with Crippen molar-refractivity contribution in [3.63, 3.8) is 0 Å². The molecule has 14 heteroatoms. The summed E-state index contributed by atoms with van der Waals surface area (Å²) in [5.41, 5.74) is 3.88. The zero-order valence-electron chi connectivity index (χ0n) is 23.6. The third kappa shape index (κ3) is 5.53. The van der Waals surface area contributed by atoms with Crippen molar-refractivity contribution >= 4 is 35.4 Å². The Kier molecular flexibility index (Phi) is 7.20. The zero-order chi connectivity index (χ0) is 29.3. The third-order valence-electron chi connectivity index (χ3n) is 7.67. The highest BCUT2D eigenvalue weighted by atomic mass is 19.1. The number of aryl methyl sites for hydroxylation is 1. The number of anilines is 5. The van der Waals surface area contributed by atoms with Crippen LogP contribution in [0.2, 0.25) is 0 Å². The molecule has 0 aliphatic carbocycles. The Morgan fingerprint density at radius 1 is 0.860 bits per heavy atom. The molecule has 0 bridgehead atoms. The Morgan fingerprint density at radius 3 is 2.07 bits per heavy atom. The van der Waals surface area contributed by atoms with E-state index in [1.165, 1.54) is 12.1 Å². The van der Waals surface area contributed by atoms with Crippen LogP contribution in [0.25, 0.3) is 5.69 Å². The molecular weight excluding hydrogens is 555 g/mol. The van der Waals surface area contributed by atoms with Crippen LogP contribution in [0.3, 0.4) is 0 Å². The van der Waals surface area contributed by atoms with Gasteiger partial charge in [0.1, 0.15) is 11.6 Å². The monoisotopic (exact) mass is 586 g/mol. The molecule has 2 aromatic carbocycles. The number of carbonyl (C=O) groups excluding carboxylic acids is 1. The minimum Gasteiger partial charge on any atom is -0.378 e. The molecule has 0 spiro atoms. The summed E-state index contributed by atoms with van der Waals surface area (Å²) in [4.78, 5) is 31.0. The van der Waals surface area contributed by atoms with Gasteiger partial charge in [0.2, 0.25) is 17.8 Å². The molecule has 222 valence electrons. The standard InChI is InChI=1S/C29H31FN10O3/c1-18-23-24(19-2-4-20(30)5-3-19)32-29(41)33-25(23)40(37-18)22-8-6-21(7-9-22)31-26-34-27(38-10-14-42-15-11-38)36-28(35-26)39-12-16-43-17-13-39/h2-9,24H,10-17H2,1H3,(H2,32,33,41)(H,31,34,35,36). The highest BCUT2D eigenvalue weighted by molar-refractivity contribution is 5.93. The fraction of sp³-hybridized carbons (Fsp3) is 0.345. The van der Waals surface area contributed by atoms with Crippen molar-refractivity contribution in [3.05, 3.63) is 71.2 Å². The van der Waals surface area contributed by atoms with Crippen LogP contribution < -0.4 is 25.8 Å². The summed E-state index contributed by atoms with van der Waals surface area (Å²) in [6, 6.07) is 12.9. The summed E-state index contributed by atoms with van der Waals surface area (Å²) in [6.07, 6.45) is 0. The molecule has 2 fully saturated rings. The molecule has 0 radical (unpaired) electrons. The largest absolute Gasteiger partial charge is 0.378 e. The van der Waals surface area contributed by atoms with Crippen molar-refractivity contribution in [2.75, 3.05) is 73.0 Å². The van der Waals surface area contributed by atoms with E-state index >= 15 is 0 Å². The lowest BCUT2D eigenvalue weighted by Gasteiger charge is -2.30. The van der Waals surface area contributed by atoms with Gasteiger partial charge in [-0.3, -0.25) is 5.32 Å². The van der Waals surface area contributed by atoms with Gasteiger partial charge in [0, 0.05) is 37.4 Å². The number of urea groups is 1. The Labute approximate surface area is 247 Å². The number of carbonyl (C=O) groups is 1. The van der Waals surface area contributed by atoms with Gasteiger partial charge in [-0.15, -0.1) is 0 Å². The predicted molar refractivity (Wildman–Crippen MR) is 158 cm³/mol. The first-order valence-corrected chi connectivity index (χ1v) is 14.2. The van der Waals surface area contributed by atoms with Gasteiger partial charge in [0.15, 0.2) is 0 Å². The fourth-order valence-electron chi connectivity index (χ4n) is 5.48. The molecule has 2 aromatic heterocycles. The molecule has 1 unspecified atom stereocenters. The summed E-state index contributed by atoms with van der Waals surface area (Å²) >= 11 is 0. The second kappa shape index (κ2) is 11.5. The van der Waals surface area contributed by atoms with Gasteiger partial charge in [-0.25, -0.2) is 13.9 Å². The molecule has 1 atom stereocenters. The van der Waals surface area contributed by atoms with Crippen molar-refractivity contribution in [3.8, 4) is 5.69 Å². The zero-order valence-corrected chi connectivity index (χ0v) is 23.6. The number of aromatic nitrogens is 5. The second-order valence-corrected chi connectivity index (χ2v) is 10.5. The molecular formula is C29H31FN10O3. The van der Waals surface area contributed by atoms with E-state index in [0.717, 1.165) is 28.2 Å². The maximum Gasteiger partial charge on any atom is 0.321 e. The molecule has 2 saturated heterocycles. The average Bonchev–Trinajstić information content (AvgIpc) is 3.37. The van der Waals surface area contributed by atoms with E-state index in [2.05, 4.69) is 25.8 Å². The number of fused-ring (bicyclic) bond motifs is 1. The third-order valence-corrected chi connectivity index (χ3v) is 7.67. The first kappa shape index (κ1) is 27.0. The van der Waals surface area contributed by atoms with Crippen LogP contribution >= 0.6 is 0 Å². The van der Waals surface area contributed by atoms with Crippen LogP contribution in [-0.4, -0.2) is 83.4 Å². The Morgan fingerprint density at radius 2 is 1.47 bits per heavy atom. The normalized spacial score (nSPS) is 18.6. The molecule has 5 heterocycles. The summed E-state index contributed by atoms with van der Waals surface area (Å²) < 4.78 is 26.3. The highest BCUT2D eigenvalue weighted by Crippen LogP contribution is 2.36. The van der Waals surface area contributed by atoms with Crippen molar-refractivity contribution < 1.29 is 18.7 Å². The van der Waals surface area contributed by atoms with Gasteiger partial charge in [-0.1, -0.05) is 12.1 Å². The molecule has 43 heavy (non-hydrogen) atoms. The minimum atomic E-state index is -0.454. The quantitative estimate of drug-likeness (QED) is 0.309.